The fourth-order valence-electron chi connectivity index (χ4n) is 2.12. The van der Waals surface area contributed by atoms with Crippen molar-refractivity contribution in [1.82, 2.24) is 5.32 Å². The summed E-state index contributed by atoms with van der Waals surface area (Å²) >= 11 is 0. The van der Waals surface area contributed by atoms with Gasteiger partial charge in [0.15, 0.2) is 0 Å². The van der Waals surface area contributed by atoms with Gasteiger partial charge in [0.25, 0.3) is 0 Å². The molecule has 0 aliphatic carbocycles. The van der Waals surface area contributed by atoms with Gasteiger partial charge in [0.05, 0.1) is 13.2 Å². The van der Waals surface area contributed by atoms with Crippen molar-refractivity contribution in [2.75, 3.05) is 33.5 Å². The van der Waals surface area contributed by atoms with Crippen molar-refractivity contribution in [2.45, 2.75) is 32.7 Å². The summed E-state index contributed by atoms with van der Waals surface area (Å²) in [4.78, 5) is 0. The molecule has 1 aromatic carbocycles. The highest BCUT2D eigenvalue weighted by Gasteiger charge is 2.10. The lowest BCUT2D eigenvalue weighted by Gasteiger charge is -2.19. The predicted molar refractivity (Wildman–Crippen MR) is 84.1 cm³/mol. The summed E-state index contributed by atoms with van der Waals surface area (Å²) in [5, 5.41) is 3.54. The van der Waals surface area contributed by atoms with Crippen molar-refractivity contribution in [3.05, 3.63) is 35.9 Å². The zero-order valence-electron chi connectivity index (χ0n) is 13.1. The Kier molecular flexibility index (Phi) is 9.29. The third-order valence-corrected chi connectivity index (χ3v) is 3.28. The molecule has 0 saturated carbocycles. The average Bonchev–Trinajstić information content (AvgIpc) is 2.45. The summed E-state index contributed by atoms with van der Waals surface area (Å²) in [5.41, 5.74) is 1.40. The zero-order valence-corrected chi connectivity index (χ0v) is 13.1. The number of ether oxygens (including phenoxy) is 2. The van der Waals surface area contributed by atoms with Gasteiger partial charge in [-0.15, -0.1) is 0 Å². The van der Waals surface area contributed by atoms with Gasteiger partial charge in [0, 0.05) is 19.8 Å². The van der Waals surface area contributed by atoms with E-state index in [1.54, 1.807) is 7.11 Å². The van der Waals surface area contributed by atoms with Crippen LogP contribution in [-0.2, 0) is 15.9 Å². The van der Waals surface area contributed by atoms with Crippen molar-refractivity contribution >= 4 is 0 Å². The quantitative estimate of drug-likeness (QED) is 0.632. The fraction of sp³-hybridized carbons (Fsp3) is 0.647. The maximum absolute atomic E-state index is 5.60. The van der Waals surface area contributed by atoms with Crippen molar-refractivity contribution in [1.29, 1.82) is 0 Å². The van der Waals surface area contributed by atoms with Gasteiger partial charge >= 0.3 is 0 Å². The number of nitrogens with one attached hydrogen (secondary N) is 1. The standard InChI is InChI=1S/C17H29NO2/c1-15(2)18-14-17(9-10-20-12-11-19-3)13-16-7-5-4-6-8-16/h4-8,15,17-18H,9-14H2,1-3H3. The van der Waals surface area contributed by atoms with Crippen LogP contribution < -0.4 is 5.32 Å². The lowest BCUT2D eigenvalue weighted by molar-refractivity contribution is 0.0635. The van der Waals surface area contributed by atoms with E-state index >= 15 is 0 Å². The highest BCUT2D eigenvalue weighted by atomic mass is 16.5. The molecular formula is C17H29NO2. The minimum atomic E-state index is 0.530. The van der Waals surface area contributed by atoms with Crippen LogP contribution in [0, 0.1) is 5.92 Å². The Morgan fingerprint density at radius 2 is 1.80 bits per heavy atom. The zero-order chi connectivity index (χ0) is 14.6. The van der Waals surface area contributed by atoms with Gasteiger partial charge < -0.3 is 14.8 Å². The molecule has 1 unspecified atom stereocenters. The van der Waals surface area contributed by atoms with Gasteiger partial charge in [0.1, 0.15) is 0 Å². The molecule has 0 aromatic heterocycles. The average molecular weight is 279 g/mol. The lowest BCUT2D eigenvalue weighted by Crippen LogP contribution is -2.30. The summed E-state index contributed by atoms with van der Waals surface area (Å²) in [5.74, 6) is 0.613. The summed E-state index contributed by atoms with van der Waals surface area (Å²) in [7, 11) is 1.70. The van der Waals surface area contributed by atoms with E-state index in [1.807, 2.05) is 0 Å². The first-order chi connectivity index (χ1) is 9.72. The van der Waals surface area contributed by atoms with Crippen LogP contribution in [0.15, 0.2) is 30.3 Å². The second kappa shape index (κ2) is 10.8. The Morgan fingerprint density at radius 1 is 1.05 bits per heavy atom. The van der Waals surface area contributed by atoms with E-state index in [9.17, 15) is 0 Å². The molecule has 3 nitrogen and oxygen atoms in total. The van der Waals surface area contributed by atoms with Crippen LogP contribution >= 0.6 is 0 Å². The largest absolute Gasteiger partial charge is 0.382 e. The molecule has 0 aliphatic heterocycles. The van der Waals surface area contributed by atoms with Crippen LogP contribution in [0.3, 0.4) is 0 Å². The molecule has 0 saturated heterocycles. The molecule has 0 heterocycles. The molecule has 0 fully saturated rings. The smallest absolute Gasteiger partial charge is 0.0700 e. The molecule has 0 spiro atoms. The van der Waals surface area contributed by atoms with Crippen LogP contribution in [0.4, 0.5) is 0 Å². The summed E-state index contributed by atoms with van der Waals surface area (Å²) in [6.07, 6.45) is 2.19. The van der Waals surface area contributed by atoms with E-state index in [0.29, 0.717) is 25.2 Å². The second-order valence-electron chi connectivity index (χ2n) is 5.51. The molecule has 1 rings (SSSR count). The first-order valence-electron chi connectivity index (χ1n) is 7.56. The summed E-state index contributed by atoms with van der Waals surface area (Å²) in [6, 6.07) is 11.2. The highest BCUT2D eigenvalue weighted by molar-refractivity contribution is 5.15. The van der Waals surface area contributed by atoms with Gasteiger partial charge in [0.2, 0.25) is 0 Å². The third-order valence-electron chi connectivity index (χ3n) is 3.28. The molecule has 20 heavy (non-hydrogen) atoms. The van der Waals surface area contributed by atoms with Gasteiger partial charge in [-0.05, 0) is 30.9 Å². The molecular weight excluding hydrogens is 250 g/mol. The van der Waals surface area contributed by atoms with E-state index in [4.69, 9.17) is 9.47 Å². The van der Waals surface area contributed by atoms with E-state index < -0.39 is 0 Å². The van der Waals surface area contributed by atoms with Crippen molar-refractivity contribution in [3.63, 3.8) is 0 Å². The maximum Gasteiger partial charge on any atom is 0.0700 e. The third kappa shape index (κ3) is 8.31. The highest BCUT2D eigenvalue weighted by Crippen LogP contribution is 2.12. The van der Waals surface area contributed by atoms with Crippen LogP contribution in [0.25, 0.3) is 0 Å². The number of rotatable bonds is 11. The Labute approximate surface area is 123 Å². The van der Waals surface area contributed by atoms with E-state index in [2.05, 4.69) is 49.5 Å². The number of methoxy groups -OCH3 is 1. The number of hydrogen-bond donors (Lipinski definition) is 1. The Morgan fingerprint density at radius 3 is 2.45 bits per heavy atom. The Balaban J connectivity index is 2.35. The molecule has 1 aromatic rings. The monoisotopic (exact) mass is 279 g/mol. The fourth-order valence-corrected chi connectivity index (χ4v) is 2.12. The maximum atomic E-state index is 5.60. The van der Waals surface area contributed by atoms with Gasteiger partial charge in [-0.25, -0.2) is 0 Å². The van der Waals surface area contributed by atoms with Crippen LogP contribution in [0.5, 0.6) is 0 Å². The first kappa shape index (κ1) is 17.2. The number of hydrogen-bond acceptors (Lipinski definition) is 3. The SMILES string of the molecule is COCCOCCC(CNC(C)C)Cc1ccccc1. The Bertz CT molecular complexity index is 327. The topological polar surface area (TPSA) is 30.5 Å². The molecule has 114 valence electrons. The molecule has 0 radical (unpaired) electrons. The predicted octanol–water partition coefficient (Wildman–Crippen LogP) is 2.90. The van der Waals surface area contributed by atoms with Gasteiger partial charge in [-0.1, -0.05) is 44.2 Å². The van der Waals surface area contributed by atoms with Crippen LogP contribution in [-0.4, -0.2) is 39.5 Å². The molecule has 3 heteroatoms. The van der Waals surface area contributed by atoms with E-state index in [0.717, 1.165) is 26.0 Å². The van der Waals surface area contributed by atoms with Crippen LogP contribution in [0.1, 0.15) is 25.8 Å². The van der Waals surface area contributed by atoms with Crippen molar-refractivity contribution in [3.8, 4) is 0 Å². The van der Waals surface area contributed by atoms with Gasteiger partial charge in [-0.3, -0.25) is 0 Å². The van der Waals surface area contributed by atoms with Crippen LogP contribution in [0.2, 0.25) is 0 Å². The molecule has 1 N–H and O–H groups in total. The lowest BCUT2D eigenvalue weighted by atomic mass is 9.96. The molecule has 1 atom stereocenters. The van der Waals surface area contributed by atoms with Gasteiger partial charge in [-0.2, -0.15) is 0 Å². The molecule has 0 aliphatic rings. The molecule has 0 amide bonds. The second-order valence-corrected chi connectivity index (χ2v) is 5.51. The summed E-state index contributed by atoms with van der Waals surface area (Å²) in [6.45, 7) is 7.59. The number of benzene rings is 1. The van der Waals surface area contributed by atoms with Crippen molar-refractivity contribution in [2.24, 2.45) is 5.92 Å². The van der Waals surface area contributed by atoms with E-state index in [-0.39, 0.29) is 0 Å². The first-order valence-corrected chi connectivity index (χ1v) is 7.56. The minimum absolute atomic E-state index is 0.530. The van der Waals surface area contributed by atoms with E-state index in [1.165, 1.54) is 5.56 Å². The molecule has 0 bridgehead atoms. The summed E-state index contributed by atoms with van der Waals surface area (Å²) < 4.78 is 10.6. The normalized spacial score (nSPS) is 12.8. The van der Waals surface area contributed by atoms with Crippen molar-refractivity contribution < 1.29 is 9.47 Å². The Hall–Kier alpha value is -0.900. The minimum Gasteiger partial charge on any atom is -0.382 e.